The molecule has 0 bridgehead atoms. The molecule has 1 saturated heterocycles. The van der Waals surface area contributed by atoms with E-state index >= 15 is 0 Å². The van der Waals surface area contributed by atoms with Crippen molar-refractivity contribution in [3.63, 3.8) is 0 Å². The van der Waals surface area contributed by atoms with Crippen LogP contribution in [0.15, 0.2) is 48.5 Å². The van der Waals surface area contributed by atoms with E-state index in [9.17, 15) is 13.5 Å². The van der Waals surface area contributed by atoms with E-state index in [0.717, 1.165) is 54.8 Å². The number of sulfonamides is 1. The Morgan fingerprint density at radius 3 is 2.52 bits per heavy atom. The van der Waals surface area contributed by atoms with Crippen molar-refractivity contribution in [2.24, 2.45) is 0 Å². The second kappa shape index (κ2) is 8.43. The number of nitrogens with one attached hydrogen (secondary N) is 1. The normalized spacial score (nSPS) is 21.4. The van der Waals surface area contributed by atoms with Crippen molar-refractivity contribution in [2.75, 3.05) is 39.6 Å². The number of piperidine rings is 1. The molecule has 176 valence electrons. The molecule has 2 aliphatic rings. The van der Waals surface area contributed by atoms with E-state index in [1.165, 1.54) is 21.7 Å². The number of fused-ring (bicyclic) bond motifs is 4. The van der Waals surface area contributed by atoms with Gasteiger partial charge in [-0.1, -0.05) is 30.3 Å². The quantitative estimate of drug-likeness (QED) is 0.600. The summed E-state index contributed by atoms with van der Waals surface area (Å²) in [7, 11) is -1.87. The topological polar surface area (TPSA) is 85.9 Å². The van der Waals surface area contributed by atoms with Gasteiger partial charge in [-0.2, -0.15) is 4.31 Å². The average molecular weight is 470 g/mol. The molecule has 0 unspecified atom stereocenters. The molecule has 5 rings (SSSR count). The molecule has 3 aromatic rings. The Labute approximate surface area is 195 Å². The lowest BCUT2D eigenvalue weighted by atomic mass is 9.69. The smallest absolute Gasteiger partial charge is 0.211 e. The van der Waals surface area contributed by atoms with Crippen LogP contribution in [0.4, 0.5) is 0 Å². The summed E-state index contributed by atoms with van der Waals surface area (Å²) in [6.45, 7) is 2.80. The Kier molecular flexibility index (Phi) is 5.73. The summed E-state index contributed by atoms with van der Waals surface area (Å²) in [4.78, 5) is 5.90. The SMILES string of the molecule is COc1ccc2c3c([nH]c2c1)[C@@H](CO)N(S(C)(=O)=O)CC31CCN(Cc2ccccc2)CC1. The van der Waals surface area contributed by atoms with Gasteiger partial charge in [0.25, 0.3) is 0 Å². The lowest BCUT2D eigenvalue weighted by Gasteiger charge is -2.49. The number of aromatic nitrogens is 1. The maximum Gasteiger partial charge on any atom is 0.211 e. The van der Waals surface area contributed by atoms with Gasteiger partial charge in [0.1, 0.15) is 5.75 Å². The molecule has 2 aromatic carbocycles. The van der Waals surface area contributed by atoms with Crippen molar-refractivity contribution in [3.8, 4) is 5.75 Å². The number of nitrogens with zero attached hydrogens (tertiary/aromatic N) is 2. The van der Waals surface area contributed by atoms with Gasteiger partial charge in [0.05, 0.1) is 26.0 Å². The summed E-state index contributed by atoms with van der Waals surface area (Å²) in [5.41, 5.74) is 3.88. The average Bonchev–Trinajstić information content (AvgIpc) is 3.20. The van der Waals surface area contributed by atoms with Crippen LogP contribution >= 0.6 is 0 Å². The highest BCUT2D eigenvalue weighted by atomic mass is 32.2. The highest BCUT2D eigenvalue weighted by molar-refractivity contribution is 7.88. The number of hydrogen-bond donors (Lipinski definition) is 2. The van der Waals surface area contributed by atoms with Crippen molar-refractivity contribution in [1.29, 1.82) is 0 Å². The lowest BCUT2D eigenvalue weighted by Crippen LogP contribution is -2.54. The number of ether oxygens (including phenoxy) is 1. The van der Waals surface area contributed by atoms with Crippen molar-refractivity contribution in [1.82, 2.24) is 14.2 Å². The summed E-state index contributed by atoms with van der Waals surface area (Å²) in [6, 6.07) is 15.8. The molecule has 0 amide bonds. The number of rotatable bonds is 5. The zero-order valence-electron chi connectivity index (χ0n) is 19.1. The van der Waals surface area contributed by atoms with E-state index in [0.29, 0.717) is 6.54 Å². The minimum Gasteiger partial charge on any atom is -0.497 e. The number of H-pyrrole nitrogens is 1. The molecular formula is C25H31N3O4S. The Morgan fingerprint density at radius 2 is 1.88 bits per heavy atom. The minimum atomic E-state index is -3.50. The largest absolute Gasteiger partial charge is 0.497 e. The molecular weight excluding hydrogens is 438 g/mol. The van der Waals surface area contributed by atoms with Crippen LogP contribution in [0.5, 0.6) is 5.75 Å². The first-order chi connectivity index (χ1) is 15.8. The Balaban J connectivity index is 1.56. The van der Waals surface area contributed by atoms with E-state index in [-0.39, 0.29) is 12.0 Å². The molecule has 7 nitrogen and oxygen atoms in total. The molecule has 1 aromatic heterocycles. The standard InChI is InChI=1S/C25H31N3O4S/c1-32-19-8-9-20-21(14-19)26-24-22(16-29)28(33(2,30)31)17-25(23(20)24)10-12-27(13-11-25)15-18-6-4-3-5-7-18/h3-9,14,22,26,29H,10-13,15-17H2,1-2H3/t22-/m1/s1. The van der Waals surface area contributed by atoms with Crippen LogP contribution in [0.25, 0.3) is 10.9 Å². The monoisotopic (exact) mass is 469 g/mol. The Morgan fingerprint density at radius 1 is 1.15 bits per heavy atom. The van der Waals surface area contributed by atoms with E-state index in [1.807, 2.05) is 18.2 Å². The van der Waals surface area contributed by atoms with Gasteiger partial charge in [0.15, 0.2) is 0 Å². The van der Waals surface area contributed by atoms with Crippen LogP contribution in [0.3, 0.4) is 0 Å². The van der Waals surface area contributed by atoms with E-state index in [4.69, 9.17) is 4.74 Å². The number of benzene rings is 2. The number of aliphatic hydroxyl groups excluding tert-OH is 1. The number of hydrogen-bond acceptors (Lipinski definition) is 5. The second-order valence-corrected chi connectivity index (χ2v) is 11.3. The van der Waals surface area contributed by atoms with Crippen molar-refractivity contribution in [3.05, 3.63) is 65.4 Å². The van der Waals surface area contributed by atoms with Crippen LogP contribution < -0.4 is 4.74 Å². The first-order valence-corrected chi connectivity index (χ1v) is 13.2. The van der Waals surface area contributed by atoms with E-state index in [1.54, 1.807) is 7.11 Å². The summed E-state index contributed by atoms with van der Waals surface area (Å²) in [6.07, 6.45) is 2.95. The molecule has 3 heterocycles. The summed E-state index contributed by atoms with van der Waals surface area (Å²) < 4.78 is 32.5. The van der Waals surface area contributed by atoms with Crippen LogP contribution in [-0.2, 0) is 22.0 Å². The van der Waals surface area contributed by atoms with Crippen molar-refractivity contribution in [2.45, 2.75) is 30.8 Å². The fourth-order valence-corrected chi connectivity index (χ4v) is 6.81. The Hall–Kier alpha value is -2.39. The molecule has 1 spiro atoms. The highest BCUT2D eigenvalue weighted by Gasteiger charge is 2.49. The number of aliphatic hydroxyl groups is 1. The van der Waals surface area contributed by atoms with E-state index in [2.05, 4.69) is 40.2 Å². The fourth-order valence-electron chi connectivity index (χ4n) is 5.70. The predicted molar refractivity (Wildman–Crippen MR) is 129 cm³/mol. The van der Waals surface area contributed by atoms with Crippen molar-refractivity contribution < 1.29 is 18.3 Å². The lowest BCUT2D eigenvalue weighted by molar-refractivity contribution is 0.0936. The maximum absolute atomic E-state index is 12.8. The van der Waals surface area contributed by atoms with Gasteiger partial charge in [0.2, 0.25) is 10.0 Å². The predicted octanol–water partition coefficient (Wildman–Crippen LogP) is 3.02. The van der Waals surface area contributed by atoms with Crippen LogP contribution in [0.2, 0.25) is 0 Å². The van der Waals surface area contributed by atoms with E-state index < -0.39 is 16.1 Å². The van der Waals surface area contributed by atoms with Crippen LogP contribution in [-0.4, -0.2) is 67.3 Å². The molecule has 2 aliphatic heterocycles. The highest BCUT2D eigenvalue weighted by Crippen LogP contribution is 2.49. The van der Waals surface area contributed by atoms with Gasteiger partial charge in [-0.25, -0.2) is 8.42 Å². The third-order valence-corrected chi connectivity index (χ3v) is 8.60. The molecule has 8 heteroatoms. The maximum atomic E-state index is 12.8. The molecule has 1 atom stereocenters. The summed E-state index contributed by atoms with van der Waals surface area (Å²) in [5, 5.41) is 11.3. The molecule has 0 radical (unpaired) electrons. The molecule has 1 fully saturated rings. The fraction of sp³-hybridized carbons (Fsp3) is 0.440. The zero-order valence-corrected chi connectivity index (χ0v) is 19.9. The first-order valence-electron chi connectivity index (χ1n) is 11.4. The number of likely N-dealkylation sites (tertiary alicyclic amines) is 1. The van der Waals surface area contributed by atoms with Crippen LogP contribution in [0.1, 0.15) is 35.7 Å². The van der Waals surface area contributed by atoms with Gasteiger partial charge in [0, 0.05) is 41.2 Å². The zero-order chi connectivity index (χ0) is 23.2. The molecule has 0 saturated carbocycles. The Bertz CT molecular complexity index is 1250. The van der Waals surface area contributed by atoms with Gasteiger partial charge in [-0.3, -0.25) is 4.90 Å². The van der Waals surface area contributed by atoms with Gasteiger partial charge >= 0.3 is 0 Å². The third-order valence-electron chi connectivity index (χ3n) is 7.37. The molecule has 0 aliphatic carbocycles. The van der Waals surface area contributed by atoms with Gasteiger partial charge in [-0.05, 0) is 49.2 Å². The molecule has 33 heavy (non-hydrogen) atoms. The number of aromatic amines is 1. The molecule has 2 N–H and O–H groups in total. The minimum absolute atomic E-state index is 0.264. The summed E-state index contributed by atoms with van der Waals surface area (Å²) in [5.74, 6) is 0.744. The van der Waals surface area contributed by atoms with Gasteiger partial charge in [-0.15, -0.1) is 0 Å². The summed E-state index contributed by atoms with van der Waals surface area (Å²) >= 11 is 0. The third kappa shape index (κ3) is 3.95. The second-order valence-electron chi connectivity index (χ2n) is 9.37. The number of methoxy groups -OCH3 is 1. The van der Waals surface area contributed by atoms with Crippen molar-refractivity contribution >= 4 is 20.9 Å². The first kappa shape index (κ1) is 22.4. The van der Waals surface area contributed by atoms with Gasteiger partial charge < -0.3 is 14.8 Å². The van der Waals surface area contributed by atoms with Crippen LogP contribution in [0, 0.1) is 0 Å².